The summed E-state index contributed by atoms with van der Waals surface area (Å²) in [5.74, 6) is 8.44. The normalized spacial score (nSPS) is 10.7. The van der Waals surface area contributed by atoms with Crippen LogP contribution in [0.4, 0.5) is 0 Å². The number of hydrogen-bond acceptors (Lipinski definition) is 1. The molecule has 1 rings (SSSR count). The van der Waals surface area contributed by atoms with Gasteiger partial charge in [-0.25, -0.2) is 0 Å². The van der Waals surface area contributed by atoms with E-state index in [1.807, 2.05) is 0 Å². The Kier molecular flexibility index (Phi) is 6.57. The Bertz CT molecular complexity index is 230. The van der Waals surface area contributed by atoms with Crippen LogP contribution in [-0.2, 0) is 5.75 Å². The molecule has 0 fully saturated rings. The summed E-state index contributed by atoms with van der Waals surface area (Å²) >= 11 is -1.18. The fourth-order valence-corrected chi connectivity index (χ4v) is 3.88. The maximum Gasteiger partial charge on any atom is 1.00 e. The van der Waals surface area contributed by atoms with E-state index in [1.165, 1.54) is 11.3 Å². The fourth-order valence-electron chi connectivity index (χ4n) is 0.920. The van der Waals surface area contributed by atoms with Crippen LogP contribution < -0.4 is 18.9 Å². The standard InChI is InChI=1S/C7H8S.3CH3.Al.Li/c8-6-7-4-2-1-3-5-7;;;;;/h1-5,8H,6H2;3*1H3;;/q;;;;;+1/p-1. The van der Waals surface area contributed by atoms with Crippen LogP contribution in [0.15, 0.2) is 30.3 Å². The Hall–Kier alpha value is 0.700. The Morgan fingerprint density at radius 2 is 1.62 bits per heavy atom. The molecule has 1 aromatic carbocycles. The zero-order valence-corrected chi connectivity index (χ0v) is 11.1. The van der Waals surface area contributed by atoms with Crippen LogP contribution in [0.3, 0.4) is 0 Å². The number of rotatable bonds is 3. The van der Waals surface area contributed by atoms with E-state index >= 15 is 0 Å². The molecular weight excluding hydrogens is 186 g/mol. The minimum atomic E-state index is -1.18. The van der Waals surface area contributed by atoms with Gasteiger partial charge in [0.05, 0.1) is 0 Å². The van der Waals surface area contributed by atoms with Crippen LogP contribution in [0, 0.1) is 0 Å². The van der Waals surface area contributed by atoms with Gasteiger partial charge in [-0.15, -0.1) is 0 Å². The first-order valence-electron chi connectivity index (χ1n) is 4.52. The average molecular weight is 202 g/mol. The van der Waals surface area contributed by atoms with Crippen molar-refractivity contribution >= 4 is 22.1 Å². The second-order valence-electron chi connectivity index (χ2n) is 4.24. The Balaban J connectivity index is 0.00000144. The molecule has 66 valence electrons. The molecule has 0 radical (unpaired) electrons. The molecule has 0 atom stereocenters. The molecule has 0 aromatic heterocycles. The minimum Gasteiger partial charge on any atom is -0.409 e. The second-order valence-corrected chi connectivity index (χ2v) is 15.0. The van der Waals surface area contributed by atoms with Gasteiger partial charge in [-0.1, -0.05) is 30.3 Å². The quantitative estimate of drug-likeness (QED) is 0.652. The van der Waals surface area contributed by atoms with Crippen molar-refractivity contribution in [3.05, 3.63) is 35.9 Å². The van der Waals surface area contributed by atoms with Crippen LogP contribution in [0.1, 0.15) is 5.56 Å². The van der Waals surface area contributed by atoms with E-state index < -0.39 is 11.9 Å². The van der Waals surface area contributed by atoms with E-state index in [-0.39, 0.29) is 18.9 Å². The summed E-state index contributed by atoms with van der Waals surface area (Å²) in [5.41, 5.74) is 1.46. The molecule has 0 N–H and O–H groups in total. The van der Waals surface area contributed by atoms with Gasteiger partial charge in [0.1, 0.15) is 0 Å². The zero-order chi connectivity index (χ0) is 9.03. The zero-order valence-electron chi connectivity index (χ0n) is 9.08. The van der Waals surface area contributed by atoms with E-state index in [0.717, 1.165) is 0 Å². The van der Waals surface area contributed by atoms with Gasteiger partial charge in [-0.05, 0) is 11.3 Å². The summed E-state index contributed by atoms with van der Waals surface area (Å²) in [4.78, 5) is 0. The smallest absolute Gasteiger partial charge is 0.409 e. The molecule has 3 heteroatoms. The van der Waals surface area contributed by atoms with Gasteiger partial charge < -0.3 is 10.1 Å². The summed E-state index contributed by atoms with van der Waals surface area (Å²) in [5, 5.41) is 0. The summed E-state index contributed by atoms with van der Waals surface area (Å²) in [7, 11) is 2.15. The molecule has 0 aliphatic heterocycles. The summed E-state index contributed by atoms with van der Waals surface area (Å²) in [6, 6.07) is 10.7. The molecular formula is C10H16AlLiS. The van der Waals surface area contributed by atoms with Crippen molar-refractivity contribution in [3.8, 4) is 0 Å². The molecule has 0 saturated carbocycles. The van der Waals surface area contributed by atoms with Crippen molar-refractivity contribution in [2.45, 2.75) is 23.1 Å². The molecule has 0 unspecified atom stereocenters. The van der Waals surface area contributed by atoms with Crippen molar-refractivity contribution < 1.29 is 18.9 Å². The average Bonchev–Trinajstić information content (AvgIpc) is 2.02. The molecule has 13 heavy (non-hydrogen) atoms. The van der Waals surface area contributed by atoms with Crippen LogP contribution in [0.2, 0.25) is 17.4 Å². The molecule has 0 nitrogen and oxygen atoms in total. The Morgan fingerprint density at radius 3 is 2.08 bits per heavy atom. The van der Waals surface area contributed by atoms with Crippen molar-refractivity contribution in [2.24, 2.45) is 0 Å². The first kappa shape index (κ1) is 13.7. The monoisotopic (exact) mass is 202 g/mol. The van der Waals surface area contributed by atoms with E-state index in [0.29, 0.717) is 0 Å². The molecule has 1 aromatic rings. The molecule has 0 spiro atoms. The number of hydrogen-bond donors (Lipinski definition) is 0. The van der Waals surface area contributed by atoms with Gasteiger partial charge in [-0.2, -0.15) is 17.4 Å². The predicted molar refractivity (Wildman–Crippen MR) is 61.1 cm³/mol. The van der Waals surface area contributed by atoms with Crippen LogP contribution in [-0.4, -0.2) is 11.9 Å². The van der Waals surface area contributed by atoms with Crippen LogP contribution in [0.25, 0.3) is 0 Å². The van der Waals surface area contributed by atoms with Crippen molar-refractivity contribution in [1.82, 2.24) is 0 Å². The Labute approximate surface area is 99.4 Å². The topological polar surface area (TPSA) is 0 Å². The molecule has 0 amide bonds. The van der Waals surface area contributed by atoms with Gasteiger partial charge >= 0.3 is 18.9 Å². The first-order chi connectivity index (χ1) is 5.58. The van der Waals surface area contributed by atoms with Gasteiger partial charge in [0, 0.05) is 0 Å². The third-order valence-corrected chi connectivity index (χ3v) is 6.59. The van der Waals surface area contributed by atoms with E-state index in [9.17, 15) is 0 Å². The predicted octanol–water partition coefficient (Wildman–Crippen LogP) is 0.759. The molecule has 0 heterocycles. The van der Waals surface area contributed by atoms with E-state index in [1.54, 1.807) is 0 Å². The Morgan fingerprint density at radius 1 is 1.08 bits per heavy atom. The van der Waals surface area contributed by atoms with Gasteiger partial charge in [0.15, 0.2) is 11.9 Å². The van der Waals surface area contributed by atoms with Crippen molar-refractivity contribution in [1.29, 1.82) is 0 Å². The third-order valence-electron chi connectivity index (χ3n) is 1.59. The summed E-state index contributed by atoms with van der Waals surface area (Å²) in [6.45, 7) is 0. The fraction of sp³-hybridized carbons (Fsp3) is 0.400. The molecule has 0 aliphatic carbocycles. The van der Waals surface area contributed by atoms with E-state index in [2.05, 4.69) is 57.8 Å². The molecule has 0 aliphatic rings. The summed E-state index contributed by atoms with van der Waals surface area (Å²) < 4.78 is 0. The van der Waals surface area contributed by atoms with E-state index in [4.69, 9.17) is 0 Å². The maximum absolute atomic E-state index is 2.42. The van der Waals surface area contributed by atoms with Crippen molar-refractivity contribution in [3.63, 3.8) is 0 Å². The van der Waals surface area contributed by atoms with Crippen LogP contribution in [0.5, 0.6) is 0 Å². The largest absolute Gasteiger partial charge is 1.00 e. The third kappa shape index (κ3) is 6.73. The molecule has 0 bridgehead atoms. The summed E-state index contributed by atoms with van der Waals surface area (Å²) in [6.07, 6.45) is 0. The van der Waals surface area contributed by atoms with Gasteiger partial charge in [0.2, 0.25) is 0 Å². The van der Waals surface area contributed by atoms with Gasteiger partial charge in [-0.3, -0.25) is 0 Å². The van der Waals surface area contributed by atoms with Crippen molar-refractivity contribution in [2.75, 3.05) is 0 Å². The van der Waals surface area contributed by atoms with Gasteiger partial charge in [0.25, 0.3) is 0 Å². The second kappa shape index (κ2) is 6.23. The first-order valence-corrected chi connectivity index (χ1v) is 10.4. The SMILES string of the molecule is [CH3][Al-]([CH3])([CH3])[S]Cc1ccccc1.[Li+]. The van der Waals surface area contributed by atoms with Crippen LogP contribution >= 0.6 is 10.1 Å². The maximum atomic E-state index is 2.42. The molecule has 0 saturated heterocycles. The number of benzene rings is 1. The minimum absolute atomic E-state index is 0.